The molecule has 1 heterocycles. The Kier molecular flexibility index (Phi) is 4.80. The molecule has 0 saturated carbocycles. The maximum absolute atomic E-state index is 12.7. The second-order valence-corrected chi connectivity index (χ2v) is 5.57. The van der Waals surface area contributed by atoms with Gasteiger partial charge < -0.3 is 16.2 Å². The third-order valence-corrected chi connectivity index (χ3v) is 2.82. The van der Waals surface area contributed by atoms with Crippen LogP contribution in [-0.2, 0) is 6.18 Å². The number of anilines is 2. The molecule has 0 radical (unpaired) electrons. The van der Waals surface area contributed by atoms with Crippen LogP contribution < -0.4 is 11.1 Å². The Bertz CT molecular complexity index is 457. The standard InChI is InChI=1S/C12H19F3N4O/c1-11(2,3)7(4-5-20)17-9-6-8(12(13,14)15)18-10(16)19-9/h6-7,20H,4-5H2,1-3H3,(H3,16,17,18,19). The first-order valence-electron chi connectivity index (χ1n) is 6.13. The second kappa shape index (κ2) is 5.82. The molecule has 0 aliphatic rings. The lowest BCUT2D eigenvalue weighted by Crippen LogP contribution is -2.35. The second-order valence-electron chi connectivity index (χ2n) is 5.57. The third-order valence-electron chi connectivity index (χ3n) is 2.82. The van der Waals surface area contributed by atoms with Gasteiger partial charge in [-0.05, 0) is 11.8 Å². The van der Waals surface area contributed by atoms with Crippen molar-refractivity contribution in [2.24, 2.45) is 5.41 Å². The minimum Gasteiger partial charge on any atom is -0.396 e. The Balaban J connectivity index is 3.04. The summed E-state index contributed by atoms with van der Waals surface area (Å²) in [7, 11) is 0. The summed E-state index contributed by atoms with van der Waals surface area (Å²) in [4.78, 5) is 6.93. The van der Waals surface area contributed by atoms with Gasteiger partial charge in [-0.15, -0.1) is 0 Å². The van der Waals surface area contributed by atoms with Crippen LogP contribution in [0.3, 0.4) is 0 Å². The highest BCUT2D eigenvalue weighted by molar-refractivity contribution is 5.42. The molecule has 1 aromatic heterocycles. The molecule has 114 valence electrons. The lowest BCUT2D eigenvalue weighted by atomic mass is 9.85. The molecule has 8 heteroatoms. The van der Waals surface area contributed by atoms with Crippen LogP contribution in [-0.4, -0.2) is 27.7 Å². The Morgan fingerprint density at radius 1 is 1.30 bits per heavy atom. The van der Waals surface area contributed by atoms with Gasteiger partial charge in [0.1, 0.15) is 5.82 Å². The molecular formula is C12H19F3N4O. The average Bonchev–Trinajstić information content (AvgIpc) is 2.25. The van der Waals surface area contributed by atoms with Crippen molar-refractivity contribution in [1.29, 1.82) is 0 Å². The number of halogens is 3. The number of nitrogens with one attached hydrogen (secondary N) is 1. The summed E-state index contributed by atoms with van der Waals surface area (Å²) < 4.78 is 38.0. The summed E-state index contributed by atoms with van der Waals surface area (Å²) in [6.07, 6.45) is -4.20. The van der Waals surface area contributed by atoms with Crippen LogP contribution in [0.15, 0.2) is 6.07 Å². The molecule has 1 rings (SSSR count). The highest BCUT2D eigenvalue weighted by Crippen LogP contribution is 2.30. The van der Waals surface area contributed by atoms with E-state index in [1.165, 1.54) is 0 Å². The quantitative estimate of drug-likeness (QED) is 0.793. The zero-order valence-corrected chi connectivity index (χ0v) is 11.6. The fraction of sp³-hybridized carbons (Fsp3) is 0.667. The first-order valence-corrected chi connectivity index (χ1v) is 6.13. The Hall–Kier alpha value is -1.57. The van der Waals surface area contributed by atoms with Crippen molar-refractivity contribution in [3.05, 3.63) is 11.8 Å². The van der Waals surface area contributed by atoms with E-state index in [1.54, 1.807) is 0 Å². The number of hydrogen-bond acceptors (Lipinski definition) is 5. The fourth-order valence-corrected chi connectivity index (χ4v) is 1.71. The van der Waals surface area contributed by atoms with E-state index in [4.69, 9.17) is 10.8 Å². The number of aliphatic hydroxyl groups excluding tert-OH is 1. The smallest absolute Gasteiger partial charge is 0.396 e. The highest BCUT2D eigenvalue weighted by Gasteiger charge is 2.34. The van der Waals surface area contributed by atoms with Crippen molar-refractivity contribution in [3.8, 4) is 0 Å². The molecule has 0 aliphatic carbocycles. The van der Waals surface area contributed by atoms with Crippen molar-refractivity contribution in [2.45, 2.75) is 39.4 Å². The van der Waals surface area contributed by atoms with E-state index in [-0.39, 0.29) is 23.9 Å². The minimum absolute atomic E-state index is 0.00167. The van der Waals surface area contributed by atoms with Gasteiger partial charge in [0.25, 0.3) is 0 Å². The molecule has 0 amide bonds. The van der Waals surface area contributed by atoms with Gasteiger partial charge >= 0.3 is 6.18 Å². The average molecular weight is 292 g/mol. The summed E-state index contributed by atoms with van der Waals surface area (Å²) in [5.74, 6) is -0.447. The number of nitrogens with zero attached hydrogens (tertiary/aromatic N) is 2. The lowest BCUT2D eigenvalue weighted by Gasteiger charge is -2.31. The number of rotatable bonds is 4. The minimum atomic E-state index is -4.58. The maximum atomic E-state index is 12.7. The van der Waals surface area contributed by atoms with Crippen LogP contribution in [0.4, 0.5) is 24.9 Å². The molecular weight excluding hydrogens is 273 g/mol. The van der Waals surface area contributed by atoms with Crippen molar-refractivity contribution in [2.75, 3.05) is 17.7 Å². The first kappa shape index (κ1) is 16.5. The van der Waals surface area contributed by atoms with E-state index in [2.05, 4.69) is 15.3 Å². The van der Waals surface area contributed by atoms with Gasteiger partial charge in [-0.1, -0.05) is 20.8 Å². The summed E-state index contributed by atoms with van der Waals surface area (Å²) >= 11 is 0. The number of aliphatic hydroxyl groups is 1. The Morgan fingerprint density at radius 3 is 2.35 bits per heavy atom. The number of aromatic nitrogens is 2. The number of nitrogens with two attached hydrogens (primary N) is 1. The van der Waals surface area contributed by atoms with Gasteiger partial charge in [0.2, 0.25) is 5.95 Å². The summed E-state index contributed by atoms with van der Waals surface area (Å²) in [5, 5.41) is 11.9. The molecule has 20 heavy (non-hydrogen) atoms. The normalized spacial score (nSPS) is 14.2. The van der Waals surface area contributed by atoms with Crippen molar-refractivity contribution >= 4 is 11.8 Å². The third kappa shape index (κ3) is 4.52. The van der Waals surface area contributed by atoms with E-state index >= 15 is 0 Å². The SMILES string of the molecule is CC(C)(C)C(CCO)Nc1cc(C(F)(F)F)nc(N)n1. The van der Waals surface area contributed by atoms with Gasteiger partial charge in [0.15, 0.2) is 5.69 Å². The first-order chi connectivity index (χ1) is 9.04. The summed E-state index contributed by atoms with van der Waals surface area (Å²) in [6, 6.07) is 0.565. The zero-order chi connectivity index (χ0) is 15.6. The summed E-state index contributed by atoms with van der Waals surface area (Å²) in [5.41, 5.74) is 3.95. The Morgan fingerprint density at radius 2 is 1.90 bits per heavy atom. The van der Waals surface area contributed by atoms with Crippen LogP contribution in [0.25, 0.3) is 0 Å². The molecule has 1 aromatic rings. The monoisotopic (exact) mass is 292 g/mol. The molecule has 0 fully saturated rings. The van der Waals surface area contributed by atoms with E-state index < -0.39 is 17.8 Å². The van der Waals surface area contributed by atoms with Gasteiger partial charge in [-0.2, -0.15) is 18.2 Å². The van der Waals surface area contributed by atoms with E-state index in [0.29, 0.717) is 6.42 Å². The highest BCUT2D eigenvalue weighted by atomic mass is 19.4. The van der Waals surface area contributed by atoms with Crippen LogP contribution in [0.5, 0.6) is 0 Å². The predicted octanol–water partition coefficient (Wildman–Crippen LogP) is 2.29. The van der Waals surface area contributed by atoms with Gasteiger partial charge in [0, 0.05) is 18.7 Å². The van der Waals surface area contributed by atoms with Crippen molar-refractivity contribution < 1.29 is 18.3 Å². The molecule has 1 atom stereocenters. The van der Waals surface area contributed by atoms with Gasteiger partial charge in [0.05, 0.1) is 0 Å². The maximum Gasteiger partial charge on any atom is 0.433 e. The van der Waals surface area contributed by atoms with Crippen LogP contribution in [0.2, 0.25) is 0 Å². The molecule has 0 bridgehead atoms. The zero-order valence-electron chi connectivity index (χ0n) is 11.6. The number of alkyl halides is 3. The van der Waals surface area contributed by atoms with Gasteiger partial charge in [-0.3, -0.25) is 0 Å². The lowest BCUT2D eigenvalue weighted by molar-refractivity contribution is -0.141. The van der Waals surface area contributed by atoms with Gasteiger partial charge in [-0.25, -0.2) is 4.98 Å². The van der Waals surface area contributed by atoms with Crippen molar-refractivity contribution in [1.82, 2.24) is 9.97 Å². The van der Waals surface area contributed by atoms with Crippen LogP contribution in [0, 0.1) is 5.41 Å². The topological polar surface area (TPSA) is 84.1 Å². The summed E-state index contributed by atoms with van der Waals surface area (Å²) in [6.45, 7) is 5.66. The molecule has 0 spiro atoms. The predicted molar refractivity (Wildman–Crippen MR) is 70.0 cm³/mol. The van der Waals surface area contributed by atoms with Crippen LogP contribution >= 0.6 is 0 Å². The molecule has 1 unspecified atom stereocenters. The fourth-order valence-electron chi connectivity index (χ4n) is 1.71. The molecule has 0 aromatic carbocycles. The Labute approximate surface area is 115 Å². The largest absolute Gasteiger partial charge is 0.433 e. The molecule has 0 saturated heterocycles. The van der Waals surface area contributed by atoms with E-state index in [1.807, 2.05) is 20.8 Å². The molecule has 5 nitrogen and oxygen atoms in total. The van der Waals surface area contributed by atoms with E-state index in [9.17, 15) is 13.2 Å². The van der Waals surface area contributed by atoms with Crippen molar-refractivity contribution in [3.63, 3.8) is 0 Å². The number of hydrogen-bond donors (Lipinski definition) is 3. The molecule has 4 N–H and O–H groups in total. The number of nitrogen functional groups attached to an aromatic ring is 1. The molecule has 0 aliphatic heterocycles. The van der Waals surface area contributed by atoms with E-state index in [0.717, 1.165) is 6.07 Å². The van der Waals surface area contributed by atoms with Crippen LogP contribution in [0.1, 0.15) is 32.9 Å².